The maximum atomic E-state index is 12.7. The Balaban J connectivity index is 1.30. The number of aryl methyl sites for hydroxylation is 2. The summed E-state index contributed by atoms with van der Waals surface area (Å²) < 4.78 is 6.07. The van der Waals surface area contributed by atoms with Crippen molar-refractivity contribution in [2.75, 3.05) is 18.0 Å². The molecule has 4 nitrogen and oxygen atoms in total. The molecule has 1 aliphatic heterocycles. The van der Waals surface area contributed by atoms with Gasteiger partial charge < -0.3 is 15.0 Å². The van der Waals surface area contributed by atoms with Crippen molar-refractivity contribution in [1.29, 1.82) is 0 Å². The monoisotopic (exact) mass is 420 g/mol. The van der Waals surface area contributed by atoms with Crippen LogP contribution in [0, 0.1) is 5.92 Å². The summed E-state index contributed by atoms with van der Waals surface area (Å²) >= 11 is 0. The van der Waals surface area contributed by atoms with Gasteiger partial charge in [-0.15, -0.1) is 0 Å². The lowest BCUT2D eigenvalue weighted by atomic mass is 9.92. The van der Waals surface area contributed by atoms with Crippen molar-refractivity contribution in [3.8, 4) is 5.75 Å². The fraction of sp³-hybridized carbons (Fsp3) is 0.519. The number of hydrogen-bond donors (Lipinski definition) is 1. The lowest BCUT2D eigenvalue weighted by molar-refractivity contribution is -0.128. The second-order valence-corrected chi connectivity index (χ2v) is 9.23. The van der Waals surface area contributed by atoms with E-state index in [1.165, 1.54) is 42.5 Å². The van der Waals surface area contributed by atoms with Crippen LogP contribution in [0.25, 0.3) is 0 Å². The van der Waals surface area contributed by atoms with E-state index in [0.29, 0.717) is 13.0 Å². The third-order valence-electron chi connectivity index (χ3n) is 6.69. The molecular formula is C27H36N2O2. The number of rotatable bonds is 7. The number of nitrogens with one attached hydrogen (secondary N) is 1. The topological polar surface area (TPSA) is 41.6 Å². The predicted molar refractivity (Wildman–Crippen MR) is 127 cm³/mol. The van der Waals surface area contributed by atoms with E-state index in [2.05, 4.69) is 53.5 Å². The number of piperidine rings is 1. The van der Waals surface area contributed by atoms with Gasteiger partial charge in [0, 0.05) is 25.3 Å². The smallest absolute Gasteiger partial charge is 0.261 e. The van der Waals surface area contributed by atoms with E-state index in [-0.39, 0.29) is 5.91 Å². The quantitative estimate of drug-likeness (QED) is 0.663. The summed E-state index contributed by atoms with van der Waals surface area (Å²) in [6, 6.07) is 14.9. The van der Waals surface area contributed by atoms with Crippen molar-refractivity contribution in [3.63, 3.8) is 0 Å². The van der Waals surface area contributed by atoms with Crippen LogP contribution in [-0.4, -0.2) is 25.1 Å². The number of carbonyl (C=O) groups excluding carboxylic acids is 1. The molecule has 2 atom stereocenters. The molecule has 2 aromatic rings. The van der Waals surface area contributed by atoms with Crippen LogP contribution in [0.1, 0.15) is 62.6 Å². The number of anilines is 1. The van der Waals surface area contributed by atoms with E-state index in [1.54, 1.807) is 0 Å². The first kappa shape index (κ1) is 21.7. The Bertz CT molecular complexity index is 877. The van der Waals surface area contributed by atoms with Gasteiger partial charge in [-0.1, -0.05) is 32.0 Å². The molecule has 2 aromatic carbocycles. The molecule has 0 aromatic heterocycles. The number of fused-ring (bicyclic) bond motifs is 1. The average Bonchev–Trinajstić information content (AvgIpc) is 2.81. The number of carbonyl (C=O) groups is 1. The minimum atomic E-state index is -0.462. The normalized spacial score (nSPS) is 19.4. The van der Waals surface area contributed by atoms with Crippen LogP contribution in [-0.2, 0) is 24.2 Å². The Morgan fingerprint density at radius 2 is 1.87 bits per heavy atom. The molecular weight excluding hydrogens is 384 g/mol. The number of hydrogen-bond acceptors (Lipinski definition) is 3. The number of benzene rings is 2. The van der Waals surface area contributed by atoms with E-state index >= 15 is 0 Å². The summed E-state index contributed by atoms with van der Waals surface area (Å²) in [6.45, 7) is 7.12. The molecule has 2 unspecified atom stereocenters. The summed E-state index contributed by atoms with van der Waals surface area (Å²) in [4.78, 5) is 15.2. The van der Waals surface area contributed by atoms with Crippen molar-refractivity contribution >= 4 is 11.6 Å². The minimum Gasteiger partial charge on any atom is -0.481 e. The molecule has 1 aliphatic carbocycles. The largest absolute Gasteiger partial charge is 0.481 e. The average molecular weight is 421 g/mol. The first-order valence-electron chi connectivity index (χ1n) is 12.0. The lowest BCUT2D eigenvalue weighted by Crippen LogP contribution is -2.37. The van der Waals surface area contributed by atoms with Crippen LogP contribution in [0.4, 0.5) is 5.69 Å². The van der Waals surface area contributed by atoms with Crippen molar-refractivity contribution < 1.29 is 9.53 Å². The third-order valence-corrected chi connectivity index (χ3v) is 6.69. The standard InChI is InChI=1S/C27H36N2O2/c1-3-26(31-25-15-12-22-8-4-5-9-23(22)17-25)27(30)28-18-21-10-13-24(14-11-21)29-16-6-7-20(2)19-29/h10-15,17,20,26H,3-9,16,18-19H2,1-2H3,(H,28,30). The van der Waals surface area contributed by atoms with Gasteiger partial charge in [-0.2, -0.15) is 0 Å². The summed E-state index contributed by atoms with van der Waals surface area (Å²) in [7, 11) is 0. The summed E-state index contributed by atoms with van der Waals surface area (Å²) in [5, 5.41) is 3.06. The maximum Gasteiger partial charge on any atom is 0.261 e. The molecule has 1 N–H and O–H groups in total. The molecule has 0 spiro atoms. The van der Waals surface area contributed by atoms with Gasteiger partial charge in [0.25, 0.3) is 5.91 Å². The van der Waals surface area contributed by atoms with Gasteiger partial charge in [0.1, 0.15) is 5.75 Å². The van der Waals surface area contributed by atoms with Crippen LogP contribution in [0.15, 0.2) is 42.5 Å². The Hall–Kier alpha value is -2.49. The van der Waals surface area contributed by atoms with Gasteiger partial charge >= 0.3 is 0 Å². The molecule has 166 valence electrons. The molecule has 0 bridgehead atoms. The molecule has 4 heteroatoms. The zero-order valence-electron chi connectivity index (χ0n) is 19.0. The van der Waals surface area contributed by atoms with Gasteiger partial charge in [-0.3, -0.25) is 4.79 Å². The number of amides is 1. The Morgan fingerprint density at radius 3 is 2.61 bits per heavy atom. The highest BCUT2D eigenvalue weighted by atomic mass is 16.5. The van der Waals surface area contributed by atoms with Gasteiger partial charge in [-0.25, -0.2) is 0 Å². The Kier molecular flexibility index (Phi) is 7.16. The van der Waals surface area contributed by atoms with Crippen LogP contribution < -0.4 is 15.0 Å². The molecule has 2 aliphatic rings. The van der Waals surface area contributed by atoms with Crippen molar-refractivity contribution in [2.24, 2.45) is 5.92 Å². The number of ether oxygens (including phenoxy) is 1. The van der Waals surface area contributed by atoms with Gasteiger partial charge in [0.2, 0.25) is 0 Å². The minimum absolute atomic E-state index is 0.0471. The third kappa shape index (κ3) is 5.61. The number of nitrogens with zero attached hydrogens (tertiary/aromatic N) is 1. The highest BCUT2D eigenvalue weighted by Crippen LogP contribution is 2.26. The second-order valence-electron chi connectivity index (χ2n) is 9.23. The molecule has 0 saturated carbocycles. The fourth-order valence-corrected chi connectivity index (χ4v) is 4.82. The van der Waals surface area contributed by atoms with Crippen molar-refractivity contribution in [1.82, 2.24) is 5.32 Å². The Morgan fingerprint density at radius 1 is 1.10 bits per heavy atom. The van der Waals surface area contributed by atoms with E-state index in [0.717, 1.165) is 43.2 Å². The van der Waals surface area contributed by atoms with Gasteiger partial charge in [0.15, 0.2) is 6.10 Å². The van der Waals surface area contributed by atoms with Crippen LogP contribution in [0.3, 0.4) is 0 Å². The molecule has 1 saturated heterocycles. The molecule has 1 amide bonds. The zero-order chi connectivity index (χ0) is 21.6. The first-order valence-corrected chi connectivity index (χ1v) is 12.0. The van der Waals surface area contributed by atoms with Gasteiger partial charge in [0.05, 0.1) is 0 Å². The summed E-state index contributed by atoms with van der Waals surface area (Å²) in [6.07, 6.45) is 7.55. The maximum absolute atomic E-state index is 12.7. The van der Waals surface area contributed by atoms with Crippen LogP contribution in [0.5, 0.6) is 5.75 Å². The van der Waals surface area contributed by atoms with E-state index in [4.69, 9.17) is 4.74 Å². The van der Waals surface area contributed by atoms with Crippen molar-refractivity contribution in [2.45, 2.75) is 71.4 Å². The van der Waals surface area contributed by atoms with E-state index < -0.39 is 6.10 Å². The lowest BCUT2D eigenvalue weighted by Gasteiger charge is -2.32. The highest BCUT2D eigenvalue weighted by molar-refractivity contribution is 5.81. The Labute approximate surface area is 187 Å². The molecule has 0 radical (unpaired) electrons. The molecule has 1 heterocycles. The van der Waals surface area contributed by atoms with Crippen LogP contribution >= 0.6 is 0 Å². The van der Waals surface area contributed by atoms with Crippen LogP contribution in [0.2, 0.25) is 0 Å². The molecule has 1 fully saturated rings. The summed E-state index contributed by atoms with van der Waals surface area (Å²) in [5.41, 5.74) is 5.20. The zero-order valence-corrected chi connectivity index (χ0v) is 19.0. The molecule has 4 rings (SSSR count). The van der Waals surface area contributed by atoms with Gasteiger partial charge in [-0.05, 0) is 91.8 Å². The van der Waals surface area contributed by atoms with E-state index in [1.807, 2.05) is 13.0 Å². The fourth-order valence-electron chi connectivity index (χ4n) is 4.82. The predicted octanol–water partition coefficient (Wildman–Crippen LogP) is 5.28. The second kappa shape index (κ2) is 10.2. The SMILES string of the molecule is CCC(Oc1ccc2c(c1)CCCC2)C(=O)NCc1ccc(N2CCCC(C)C2)cc1. The van der Waals surface area contributed by atoms with Crippen molar-refractivity contribution in [3.05, 3.63) is 59.2 Å². The van der Waals surface area contributed by atoms with E-state index in [9.17, 15) is 4.79 Å². The molecule has 31 heavy (non-hydrogen) atoms. The highest BCUT2D eigenvalue weighted by Gasteiger charge is 2.20. The first-order chi connectivity index (χ1) is 15.1. The summed E-state index contributed by atoms with van der Waals surface area (Å²) in [5.74, 6) is 1.52.